The van der Waals surface area contributed by atoms with Gasteiger partial charge in [-0.3, -0.25) is 4.79 Å². The Morgan fingerprint density at radius 2 is 2.39 bits per heavy atom. The third kappa shape index (κ3) is 3.83. The molecule has 2 heterocycles. The van der Waals surface area contributed by atoms with Gasteiger partial charge < -0.3 is 5.73 Å². The van der Waals surface area contributed by atoms with E-state index in [1.165, 1.54) is 4.88 Å². The van der Waals surface area contributed by atoms with Gasteiger partial charge in [0.1, 0.15) is 4.34 Å². The van der Waals surface area contributed by atoms with Crippen LogP contribution in [0.1, 0.15) is 15.4 Å². The van der Waals surface area contributed by atoms with E-state index in [2.05, 4.69) is 22.5 Å². The van der Waals surface area contributed by atoms with Crippen molar-refractivity contribution in [3.05, 3.63) is 33.0 Å². The lowest BCUT2D eigenvalue weighted by molar-refractivity contribution is -0.117. The molecule has 0 saturated heterocycles. The molecule has 0 aromatic carbocycles. The summed E-state index contributed by atoms with van der Waals surface area (Å²) in [7, 11) is 0. The summed E-state index contributed by atoms with van der Waals surface area (Å²) in [6.45, 7) is 1.93. The van der Waals surface area contributed by atoms with Crippen molar-refractivity contribution in [2.24, 2.45) is 5.73 Å². The van der Waals surface area contributed by atoms with Crippen LogP contribution in [0.2, 0.25) is 0 Å². The maximum atomic E-state index is 10.9. The fourth-order valence-corrected chi connectivity index (χ4v) is 4.60. The molecule has 2 N–H and O–H groups in total. The maximum Gasteiger partial charge on any atom is 0.222 e. The Morgan fingerprint density at radius 3 is 3.06 bits per heavy atom. The van der Waals surface area contributed by atoms with Crippen molar-refractivity contribution in [1.82, 2.24) is 4.98 Å². The maximum absolute atomic E-state index is 10.9. The van der Waals surface area contributed by atoms with Crippen molar-refractivity contribution in [3.63, 3.8) is 0 Å². The molecule has 0 atom stereocenters. The largest absolute Gasteiger partial charge is 0.369 e. The predicted molar refractivity (Wildman–Crippen MR) is 78.5 cm³/mol. The molecule has 0 aliphatic heterocycles. The van der Waals surface area contributed by atoms with Crippen molar-refractivity contribution >= 4 is 40.3 Å². The van der Waals surface area contributed by atoms with Crippen LogP contribution in [-0.2, 0) is 17.6 Å². The molecule has 3 nitrogen and oxygen atoms in total. The highest BCUT2D eigenvalue weighted by molar-refractivity contribution is 8.01. The zero-order valence-corrected chi connectivity index (χ0v) is 12.5. The number of nitrogens with zero attached hydrogens (tertiary/aromatic N) is 1. The lowest BCUT2D eigenvalue weighted by Crippen LogP contribution is -2.13. The van der Waals surface area contributed by atoms with Crippen LogP contribution in [0.4, 0.5) is 0 Å². The Morgan fingerprint density at radius 1 is 1.56 bits per heavy atom. The number of thiophene rings is 1. The molecule has 0 saturated carbocycles. The zero-order valence-electron chi connectivity index (χ0n) is 10.0. The molecular weight excluding hydrogens is 284 g/mol. The van der Waals surface area contributed by atoms with E-state index in [0.29, 0.717) is 6.42 Å². The van der Waals surface area contributed by atoms with Crippen LogP contribution in [0, 0.1) is 6.92 Å². The average molecular weight is 298 g/mol. The minimum absolute atomic E-state index is 0.295. The van der Waals surface area contributed by atoms with Gasteiger partial charge in [0, 0.05) is 15.5 Å². The molecule has 0 spiro atoms. The number of amides is 1. The molecule has 2 aromatic rings. The van der Waals surface area contributed by atoms with Gasteiger partial charge in [-0.25, -0.2) is 4.98 Å². The highest BCUT2D eigenvalue weighted by atomic mass is 32.2. The third-order valence-electron chi connectivity index (χ3n) is 2.36. The van der Waals surface area contributed by atoms with Gasteiger partial charge in [0.05, 0.1) is 12.1 Å². The normalized spacial score (nSPS) is 10.7. The Balaban J connectivity index is 1.88. The predicted octanol–water partition coefficient (Wildman–Crippen LogP) is 2.88. The van der Waals surface area contributed by atoms with Gasteiger partial charge in [0.2, 0.25) is 5.91 Å². The summed E-state index contributed by atoms with van der Waals surface area (Å²) >= 11 is 5.11. The Kier molecular flexibility index (Phi) is 4.79. The lowest BCUT2D eigenvalue weighted by Gasteiger charge is -1.95. The fraction of sp³-hybridized carbons (Fsp3) is 0.333. The van der Waals surface area contributed by atoms with E-state index in [0.717, 1.165) is 27.1 Å². The molecule has 2 aromatic heterocycles. The summed E-state index contributed by atoms with van der Waals surface area (Å²) in [5, 5.41) is 2.10. The fourth-order valence-electron chi connectivity index (χ4n) is 1.48. The van der Waals surface area contributed by atoms with E-state index < -0.39 is 0 Å². The molecular formula is C12H14N2OS3. The first kappa shape index (κ1) is 13.6. The second kappa shape index (κ2) is 6.36. The summed E-state index contributed by atoms with van der Waals surface area (Å²) in [5.74, 6) is 0.723. The van der Waals surface area contributed by atoms with E-state index in [9.17, 15) is 4.79 Å². The zero-order chi connectivity index (χ0) is 13.0. The molecule has 1 amide bonds. The number of carbonyl (C=O) groups is 1. The first-order valence-corrected chi connectivity index (χ1v) is 8.23. The van der Waals surface area contributed by atoms with Crippen LogP contribution < -0.4 is 5.73 Å². The van der Waals surface area contributed by atoms with Crippen LogP contribution in [0.5, 0.6) is 0 Å². The molecule has 96 valence electrons. The van der Waals surface area contributed by atoms with Crippen molar-refractivity contribution < 1.29 is 4.79 Å². The number of aryl methyl sites for hydroxylation is 2. The van der Waals surface area contributed by atoms with Gasteiger partial charge in [-0.1, -0.05) is 17.8 Å². The average Bonchev–Trinajstić information content (AvgIpc) is 2.90. The van der Waals surface area contributed by atoms with E-state index >= 15 is 0 Å². The number of thioether (sulfide) groups is 1. The molecule has 0 unspecified atom stereocenters. The quantitative estimate of drug-likeness (QED) is 0.834. The van der Waals surface area contributed by atoms with E-state index in [4.69, 9.17) is 5.73 Å². The van der Waals surface area contributed by atoms with Crippen molar-refractivity contribution in [1.29, 1.82) is 0 Å². The molecule has 18 heavy (non-hydrogen) atoms. The highest BCUT2D eigenvalue weighted by Crippen LogP contribution is 2.28. The SMILES string of the molecule is Cc1nc(SCCc2cccs2)sc1CC(N)=O. The van der Waals surface area contributed by atoms with Crippen LogP contribution in [0.25, 0.3) is 0 Å². The van der Waals surface area contributed by atoms with Gasteiger partial charge >= 0.3 is 0 Å². The monoisotopic (exact) mass is 298 g/mol. The number of thiazole rings is 1. The smallest absolute Gasteiger partial charge is 0.222 e. The number of rotatable bonds is 6. The summed E-state index contributed by atoms with van der Waals surface area (Å²) in [6, 6.07) is 4.22. The summed E-state index contributed by atoms with van der Waals surface area (Å²) in [6.07, 6.45) is 1.36. The number of hydrogen-bond donors (Lipinski definition) is 1. The van der Waals surface area contributed by atoms with E-state index in [1.54, 1.807) is 34.4 Å². The topological polar surface area (TPSA) is 56.0 Å². The van der Waals surface area contributed by atoms with Gasteiger partial charge in [-0.2, -0.15) is 0 Å². The Bertz CT molecular complexity index is 519. The van der Waals surface area contributed by atoms with Gasteiger partial charge in [0.15, 0.2) is 0 Å². The van der Waals surface area contributed by atoms with Crippen molar-refractivity contribution in [3.8, 4) is 0 Å². The number of nitrogens with two attached hydrogens (primary N) is 1. The molecule has 0 radical (unpaired) electrons. The Hall–Kier alpha value is -0.850. The van der Waals surface area contributed by atoms with Crippen molar-refractivity contribution in [2.75, 3.05) is 5.75 Å². The minimum atomic E-state index is -0.295. The summed E-state index contributed by atoms with van der Waals surface area (Å²) in [4.78, 5) is 17.7. The summed E-state index contributed by atoms with van der Waals surface area (Å²) in [5.41, 5.74) is 6.13. The van der Waals surface area contributed by atoms with Gasteiger partial charge in [0.25, 0.3) is 0 Å². The highest BCUT2D eigenvalue weighted by Gasteiger charge is 2.10. The molecule has 0 bridgehead atoms. The molecule has 0 aliphatic rings. The number of aromatic nitrogens is 1. The molecule has 6 heteroatoms. The first-order chi connectivity index (χ1) is 8.65. The summed E-state index contributed by atoms with van der Waals surface area (Å²) < 4.78 is 1.03. The third-order valence-corrected chi connectivity index (χ3v) is 5.60. The molecule has 0 fully saturated rings. The van der Waals surface area contributed by atoms with Gasteiger partial charge in [-0.05, 0) is 24.8 Å². The standard InChI is InChI=1S/C12H14N2OS3/c1-8-10(7-11(13)15)18-12(14-8)17-6-4-9-3-2-5-16-9/h2-3,5H,4,6-7H2,1H3,(H2,13,15). The van der Waals surface area contributed by atoms with Gasteiger partial charge in [-0.15, -0.1) is 22.7 Å². The van der Waals surface area contributed by atoms with E-state index in [-0.39, 0.29) is 5.91 Å². The number of carbonyl (C=O) groups excluding carboxylic acids is 1. The minimum Gasteiger partial charge on any atom is -0.369 e. The molecule has 0 aliphatic carbocycles. The second-order valence-electron chi connectivity index (χ2n) is 3.81. The van der Waals surface area contributed by atoms with E-state index in [1.807, 2.05) is 6.92 Å². The Labute approximate surface area is 118 Å². The van der Waals surface area contributed by atoms with Crippen LogP contribution >= 0.6 is 34.4 Å². The van der Waals surface area contributed by atoms with Crippen molar-refractivity contribution in [2.45, 2.75) is 24.1 Å². The van der Waals surface area contributed by atoms with Crippen LogP contribution in [0.3, 0.4) is 0 Å². The second-order valence-corrected chi connectivity index (χ2v) is 7.27. The molecule has 2 rings (SSSR count). The van der Waals surface area contributed by atoms with Crippen LogP contribution in [-0.4, -0.2) is 16.6 Å². The lowest BCUT2D eigenvalue weighted by atomic mass is 10.3. The number of primary amides is 1. The van der Waals surface area contributed by atoms with Crippen LogP contribution in [0.15, 0.2) is 21.9 Å². The number of hydrogen-bond acceptors (Lipinski definition) is 5. The first-order valence-electron chi connectivity index (χ1n) is 5.55.